The number of carbonyl (C=O) groups excluding carboxylic acids is 2. The van der Waals surface area contributed by atoms with Gasteiger partial charge in [0.1, 0.15) is 0 Å². The van der Waals surface area contributed by atoms with Crippen molar-refractivity contribution in [3.63, 3.8) is 0 Å². The SMILES string of the molecule is C[Si](C)(C)C1=C([Si](C)(C)C)C(=O)OC1=O. The number of rotatable bonds is 2. The zero-order valence-electron chi connectivity index (χ0n) is 10.2. The van der Waals surface area contributed by atoms with Crippen LogP contribution in [0.25, 0.3) is 0 Å². The summed E-state index contributed by atoms with van der Waals surface area (Å²) in [4.78, 5) is 23.3. The van der Waals surface area contributed by atoms with Gasteiger partial charge in [-0.05, 0) is 0 Å². The highest BCUT2D eigenvalue weighted by molar-refractivity contribution is 6.95. The first-order valence-electron chi connectivity index (χ1n) is 5.07. The van der Waals surface area contributed by atoms with Gasteiger partial charge in [-0.15, -0.1) is 0 Å². The summed E-state index contributed by atoms with van der Waals surface area (Å²) in [5.41, 5.74) is 0. The summed E-state index contributed by atoms with van der Waals surface area (Å²) in [6, 6.07) is 0. The van der Waals surface area contributed by atoms with E-state index < -0.39 is 28.1 Å². The van der Waals surface area contributed by atoms with Crippen LogP contribution < -0.4 is 0 Å². The van der Waals surface area contributed by atoms with Gasteiger partial charge in [0.15, 0.2) is 0 Å². The molecule has 0 aromatic carbocycles. The maximum Gasteiger partial charge on any atom is 0.337 e. The standard InChI is InChI=1S/C10H18O3Si2/c1-14(2,3)7-8(15(4,5)6)10(12)13-9(7)11/h1-6H3. The average molecular weight is 242 g/mol. The molecule has 3 nitrogen and oxygen atoms in total. The average Bonchev–Trinajstić information content (AvgIpc) is 2.22. The largest absolute Gasteiger partial charge is 0.387 e. The Balaban J connectivity index is 3.42. The summed E-state index contributed by atoms with van der Waals surface area (Å²) in [6.45, 7) is 12.4. The third-order valence-electron chi connectivity index (χ3n) is 2.34. The molecule has 0 saturated carbocycles. The van der Waals surface area contributed by atoms with Crippen molar-refractivity contribution in [2.75, 3.05) is 0 Å². The quantitative estimate of drug-likeness (QED) is 0.423. The first-order valence-corrected chi connectivity index (χ1v) is 12.1. The summed E-state index contributed by atoms with van der Waals surface area (Å²) in [7, 11) is -3.57. The van der Waals surface area contributed by atoms with Gasteiger partial charge in [-0.25, -0.2) is 9.59 Å². The number of cyclic esters (lactones) is 2. The molecule has 84 valence electrons. The number of hydrogen-bond donors (Lipinski definition) is 0. The molecule has 0 aromatic heterocycles. The van der Waals surface area contributed by atoms with E-state index in [1.54, 1.807) is 0 Å². The molecule has 0 fully saturated rings. The molecule has 0 saturated heterocycles. The second kappa shape index (κ2) is 3.41. The summed E-state index contributed by atoms with van der Waals surface area (Å²) < 4.78 is 4.76. The van der Waals surface area contributed by atoms with Gasteiger partial charge in [0.2, 0.25) is 0 Å². The lowest BCUT2D eigenvalue weighted by molar-refractivity contribution is -0.150. The second-order valence-corrected chi connectivity index (χ2v) is 15.9. The van der Waals surface area contributed by atoms with E-state index in [9.17, 15) is 9.59 Å². The summed E-state index contributed by atoms with van der Waals surface area (Å²) in [5, 5.41) is 1.43. The van der Waals surface area contributed by atoms with Gasteiger partial charge in [0.25, 0.3) is 0 Å². The fourth-order valence-electron chi connectivity index (χ4n) is 1.75. The lowest BCUT2D eigenvalue weighted by atomic mass is 10.5. The van der Waals surface area contributed by atoms with Crippen LogP contribution in [0.4, 0.5) is 0 Å². The maximum atomic E-state index is 11.6. The fourth-order valence-corrected chi connectivity index (χ4v) is 7.03. The van der Waals surface area contributed by atoms with Crippen molar-refractivity contribution in [2.45, 2.75) is 39.3 Å². The molecule has 15 heavy (non-hydrogen) atoms. The Morgan fingerprint density at radius 2 is 1.00 bits per heavy atom. The molecule has 0 N–H and O–H groups in total. The van der Waals surface area contributed by atoms with E-state index in [-0.39, 0.29) is 0 Å². The molecule has 1 heterocycles. The van der Waals surface area contributed by atoms with Crippen molar-refractivity contribution in [2.24, 2.45) is 0 Å². The lowest BCUT2D eigenvalue weighted by Gasteiger charge is -2.21. The predicted octanol–water partition coefficient (Wildman–Crippen LogP) is 2.12. The Morgan fingerprint density at radius 3 is 1.20 bits per heavy atom. The van der Waals surface area contributed by atoms with Crippen LogP contribution in [0.15, 0.2) is 10.4 Å². The van der Waals surface area contributed by atoms with Crippen LogP contribution >= 0.6 is 0 Å². The van der Waals surface area contributed by atoms with Crippen LogP contribution in [0.3, 0.4) is 0 Å². The monoisotopic (exact) mass is 242 g/mol. The molecule has 0 bridgehead atoms. The summed E-state index contributed by atoms with van der Waals surface area (Å²) in [5.74, 6) is -0.784. The Hall–Kier alpha value is -0.686. The van der Waals surface area contributed by atoms with E-state index >= 15 is 0 Å². The van der Waals surface area contributed by atoms with E-state index in [4.69, 9.17) is 4.74 Å². The van der Waals surface area contributed by atoms with E-state index in [0.717, 1.165) is 0 Å². The van der Waals surface area contributed by atoms with E-state index in [2.05, 4.69) is 39.3 Å². The minimum Gasteiger partial charge on any atom is -0.387 e. The van der Waals surface area contributed by atoms with Gasteiger partial charge in [-0.2, -0.15) is 0 Å². The van der Waals surface area contributed by atoms with Gasteiger partial charge in [-0.1, -0.05) is 39.3 Å². The Labute approximate surface area is 92.5 Å². The molecule has 0 amide bonds. The van der Waals surface area contributed by atoms with Crippen molar-refractivity contribution in [1.82, 2.24) is 0 Å². The molecule has 1 aliphatic heterocycles. The van der Waals surface area contributed by atoms with Gasteiger partial charge >= 0.3 is 11.9 Å². The Bertz CT molecular complexity index is 322. The minimum absolute atomic E-state index is 0.392. The highest BCUT2D eigenvalue weighted by atomic mass is 28.3. The smallest absolute Gasteiger partial charge is 0.337 e. The lowest BCUT2D eigenvalue weighted by Crippen LogP contribution is -2.35. The minimum atomic E-state index is -1.78. The van der Waals surface area contributed by atoms with Crippen LogP contribution in [0.2, 0.25) is 39.3 Å². The normalized spacial score (nSPS) is 18.5. The molecule has 1 aliphatic rings. The first kappa shape index (κ1) is 12.4. The molecule has 0 radical (unpaired) electrons. The molecule has 0 spiro atoms. The van der Waals surface area contributed by atoms with Crippen molar-refractivity contribution >= 4 is 28.1 Å². The van der Waals surface area contributed by atoms with Gasteiger partial charge < -0.3 is 4.74 Å². The van der Waals surface area contributed by atoms with Crippen molar-refractivity contribution < 1.29 is 14.3 Å². The van der Waals surface area contributed by atoms with Gasteiger partial charge in [0, 0.05) is 10.4 Å². The van der Waals surface area contributed by atoms with Crippen LogP contribution in [0.5, 0.6) is 0 Å². The number of ether oxygens (including phenoxy) is 1. The number of hydrogen-bond acceptors (Lipinski definition) is 3. The van der Waals surface area contributed by atoms with E-state index in [1.807, 2.05) is 0 Å². The van der Waals surface area contributed by atoms with Gasteiger partial charge in [0.05, 0.1) is 16.1 Å². The van der Waals surface area contributed by atoms with Crippen LogP contribution in [0.1, 0.15) is 0 Å². The maximum absolute atomic E-state index is 11.6. The molecule has 0 unspecified atom stereocenters. The van der Waals surface area contributed by atoms with Crippen LogP contribution in [-0.2, 0) is 14.3 Å². The molecular weight excluding hydrogens is 224 g/mol. The molecule has 1 rings (SSSR count). The molecule has 5 heteroatoms. The molecular formula is C10H18O3Si2. The second-order valence-electron chi connectivity index (χ2n) is 5.93. The molecule has 0 atom stereocenters. The van der Waals surface area contributed by atoms with Crippen molar-refractivity contribution in [3.8, 4) is 0 Å². The summed E-state index contributed by atoms with van der Waals surface area (Å²) in [6.07, 6.45) is 0. The third-order valence-corrected chi connectivity index (χ3v) is 6.50. The van der Waals surface area contributed by atoms with Crippen LogP contribution in [-0.4, -0.2) is 28.1 Å². The van der Waals surface area contributed by atoms with Gasteiger partial charge in [-0.3, -0.25) is 0 Å². The van der Waals surface area contributed by atoms with E-state index in [1.165, 1.54) is 0 Å². The Morgan fingerprint density at radius 1 is 0.733 bits per heavy atom. The molecule has 0 aromatic rings. The van der Waals surface area contributed by atoms with Crippen LogP contribution in [0, 0.1) is 0 Å². The number of esters is 2. The highest BCUT2D eigenvalue weighted by Gasteiger charge is 2.45. The fraction of sp³-hybridized carbons (Fsp3) is 0.600. The first-order chi connectivity index (χ1) is 6.55. The Kier molecular flexibility index (Phi) is 2.82. The highest BCUT2D eigenvalue weighted by Crippen LogP contribution is 2.32. The molecule has 0 aliphatic carbocycles. The predicted molar refractivity (Wildman–Crippen MR) is 64.8 cm³/mol. The summed E-state index contributed by atoms with van der Waals surface area (Å²) >= 11 is 0. The van der Waals surface area contributed by atoms with Crippen molar-refractivity contribution in [3.05, 3.63) is 10.4 Å². The zero-order chi connectivity index (χ0) is 12.0. The number of carbonyl (C=O) groups is 2. The van der Waals surface area contributed by atoms with E-state index in [0.29, 0.717) is 10.4 Å². The van der Waals surface area contributed by atoms with Crippen molar-refractivity contribution in [1.29, 1.82) is 0 Å². The zero-order valence-corrected chi connectivity index (χ0v) is 12.2. The topological polar surface area (TPSA) is 43.4 Å². The third kappa shape index (κ3) is 2.28.